The Bertz CT molecular complexity index is 415. The molecule has 0 aromatic heterocycles. The van der Waals surface area contributed by atoms with Crippen LogP contribution in [0.15, 0.2) is 48.5 Å². The molecule has 0 N–H and O–H groups in total. The summed E-state index contributed by atoms with van der Waals surface area (Å²) in [7, 11) is 0. The SMILES string of the molecule is Cc1ccc([CH]CCCc2ccc(C)cc2)cc1. The van der Waals surface area contributed by atoms with Gasteiger partial charge in [-0.1, -0.05) is 59.7 Å². The van der Waals surface area contributed by atoms with Crippen LogP contribution in [0, 0.1) is 20.3 Å². The van der Waals surface area contributed by atoms with Crippen LogP contribution in [0.4, 0.5) is 0 Å². The lowest BCUT2D eigenvalue weighted by Crippen LogP contribution is -1.88. The third kappa shape index (κ3) is 4.03. The van der Waals surface area contributed by atoms with Crippen LogP contribution >= 0.6 is 0 Å². The highest BCUT2D eigenvalue weighted by atomic mass is 14.0. The van der Waals surface area contributed by atoms with Crippen molar-refractivity contribution >= 4 is 0 Å². The van der Waals surface area contributed by atoms with E-state index >= 15 is 0 Å². The van der Waals surface area contributed by atoms with Crippen molar-refractivity contribution in [2.75, 3.05) is 0 Å². The summed E-state index contributed by atoms with van der Waals surface area (Å²) < 4.78 is 0. The largest absolute Gasteiger partial charge is 0.0591 e. The third-order valence-electron chi connectivity index (χ3n) is 3.25. The van der Waals surface area contributed by atoms with Crippen LogP contribution in [-0.2, 0) is 6.42 Å². The van der Waals surface area contributed by atoms with Crippen molar-refractivity contribution in [3.63, 3.8) is 0 Å². The van der Waals surface area contributed by atoms with Gasteiger partial charge in [-0.15, -0.1) is 0 Å². The maximum Gasteiger partial charge on any atom is -0.00930 e. The van der Waals surface area contributed by atoms with E-state index in [2.05, 4.69) is 68.8 Å². The predicted octanol–water partition coefficient (Wildman–Crippen LogP) is 4.88. The summed E-state index contributed by atoms with van der Waals surface area (Å²) in [5, 5.41) is 0. The smallest absolute Gasteiger partial charge is 0.00930 e. The average molecular weight is 237 g/mol. The summed E-state index contributed by atoms with van der Waals surface area (Å²) in [5.41, 5.74) is 5.44. The van der Waals surface area contributed by atoms with E-state index in [0.717, 1.165) is 6.42 Å². The quantitative estimate of drug-likeness (QED) is 0.650. The third-order valence-corrected chi connectivity index (χ3v) is 3.25. The highest BCUT2D eigenvalue weighted by Crippen LogP contribution is 2.12. The Morgan fingerprint density at radius 1 is 0.778 bits per heavy atom. The number of rotatable bonds is 5. The van der Waals surface area contributed by atoms with Crippen molar-refractivity contribution in [2.45, 2.75) is 33.1 Å². The van der Waals surface area contributed by atoms with Crippen molar-refractivity contribution in [3.05, 3.63) is 77.2 Å². The van der Waals surface area contributed by atoms with Crippen LogP contribution in [0.25, 0.3) is 0 Å². The van der Waals surface area contributed by atoms with Crippen molar-refractivity contribution < 1.29 is 0 Å². The molecule has 0 bridgehead atoms. The molecular weight excluding hydrogens is 216 g/mol. The van der Waals surface area contributed by atoms with Crippen LogP contribution in [0.2, 0.25) is 0 Å². The van der Waals surface area contributed by atoms with Gasteiger partial charge in [-0.25, -0.2) is 0 Å². The molecule has 0 atom stereocenters. The number of hydrogen-bond donors (Lipinski definition) is 0. The molecule has 0 aliphatic heterocycles. The summed E-state index contributed by atoms with van der Waals surface area (Å²) >= 11 is 0. The number of unbranched alkanes of at least 4 members (excludes halogenated alkanes) is 1. The van der Waals surface area contributed by atoms with E-state index in [4.69, 9.17) is 0 Å². The van der Waals surface area contributed by atoms with Gasteiger partial charge in [-0.05, 0) is 50.7 Å². The van der Waals surface area contributed by atoms with Gasteiger partial charge in [-0.2, -0.15) is 0 Å². The first-order valence-electron chi connectivity index (χ1n) is 6.69. The summed E-state index contributed by atoms with van der Waals surface area (Å²) in [4.78, 5) is 0. The van der Waals surface area contributed by atoms with Gasteiger partial charge in [0.25, 0.3) is 0 Å². The molecule has 0 saturated heterocycles. The molecule has 0 amide bonds. The van der Waals surface area contributed by atoms with Gasteiger partial charge in [0, 0.05) is 0 Å². The van der Waals surface area contributed by atoms with Gasteiger partial charge in [-0.3, -0.25) is 0 Å². The van der Waals surface area contributed by atoms with E-state index in [9.17, 15) is 0 Å². The molecule has 0 heteroatoms. The lowest BCUT2D eigenvalue weighted by Gasteiger charge is -2.03. The zero-order valence-electron chi connectivity index (χ0n) is 11.3. The van der Waals surface area contributed by atoms with E-state index in [0.29, 0.717) is 0 Å². The Labute approximate surface area is 111 Å². The highest BCUT2D eigenvalue weighted by molar-refractivity contribution is 5.27. The van der Waals surface area contributed by atoms with Gasteiger partial charge in [0.1, 0.15) is 0 Å². The van der Waals surface area contributed by atoms with Crippen molar-refractivity contribution in [3.8, 4) is 0 Å². The van der Waals surface area contributed by atoms with Crippen LogP contribution < -0.4 is 0 Å². The van der Waals surface area contributed by atoms with E-state index in [-0.39, 0.29) is 0 Å². The van der Waals surface area contributed by atoms with E-state index in [1.54, 1.807) is 0 Å². The lowest BCUT2D eigenvalue weighted by molar-refractivity contribution is 0.815. The summed E-state index contributed by atoms with van der Waals surface area (Å²) in [5.74, 6) is 0. The van der Waals surface area contributed by atoms with Gasteiger partial charge in [0.05, 0.1) is 0 Å². The Kier molecular flexibility index (Phi) is 4.58. The maximum atomic E-state index is 2.33. The fourth-order valence-electron chi connectivity index (χ4n) is 2.03. The molecule has 2 rings (SSSR count). The fourth-order valence-corrected chi connectivity index (χ4v) is 2.03. The van der Waals surface area contributed by atoms with Crippen LogP contribution in [0.5, 0.6) is 0 Å². The fraction of sp³-hybridized carbons (Fsp3) is 0.278. The van der Waals surface area contributed by atoms with Crippen LogP contribution in [0.1, 0.15) is 35.1 Å². The molecule has 18 heavy (non-hydrogen) atoms. The second-order valence-electron chi connectivity index (χ2n) is 4.99. The molecule has 0 aliphatic carbocycles. The first kappa shape index (κ1) is 12.9. The second kappa shape index (κ2) is 6.39. The minimum absolute atomic E-state index is 1.15. The van der Waals surface area contributed by atoms with Crippen LogP contribution in [-0.4, -0.2) is 0 Å². The molecule has 0 saturated carbocycles. The van der Waals surface area contributed by atoms with Crippen molar-refractivity contribution in [2.24, 2.45) is 0 Å². The monoisotopic (exact) mass is 237 g/mol. The molecule has 2 aromatic rings. The summed E-state index contributed by atoms with van der Waals surface area (Å²) in [6.07, 6.45) is 5.87. The molecule has 93 valence electrons. The average Bonchev–Trinajstić information content (AvgIpc) is 2.39. The molecule has 0 aliphatic rings. The Balaban J connectivity index is 1.73. The molecule has 1 radical (unpaired) electrons. The molecule has 0 spiro atoms. The normalized spacial score (nSPS) is 10.6. The maximum absolute atomic E-state index is 2.33. The zero-order chi connectivity index (χ0) is 12.8. The lowest BCUT2D eigenvalue weighted by atomic mass is 10.0. The van der Waals surface area contributed by atoms with Gasteiger partial charge >= 0.3 is 0 Å². The predicted molar refractivity (Wildman–Crippen MR) is 78.7 cm³/mol. The number of aryl methyl sites for hydroxylation is 3. The standard InChI is InChI=1S/C18H21/c1-15-7-11-17(12-8-15)5-3-4-6-18-13-9-16(2)10-14-18/h5,7-14H,3-4,6H2,1-2H3. The van der Waals surface area contributed by atoms with Gasteiger partial charge in [0.2, 0.25) is 0 Å². The molecule has 0 nitrogen and oxygen atoms in total. The minimum Gasteiger partial charge on any atom is -0.0591 e. The van der Waals surface area contributed by atoms with Crippen LogP contribution in [0.3, 0.4) is 0 Å². The number of hydrogen-bond acceptors (Lipinski definition) is 0. The van der Waals surface area contributed by atoms with E-state index in [1.807, 2.05) is 0 Å². The minimum atomic E-state index is 1.15. The molecule has 0 heterocycles. The highest BCUT2D eigenvalue weighted by Gasteiger charge is 1.96. The Morgan fingerprint density at radius 2 is 1.33 bits per heavy atom. The van der Waals surface area contributed by atoms with Crippen molar-refractivity contribution in [1.82, 2.24) is 0 Å². The first-order chi connectivity index (χ1) is 8.74. The zero-order valence-corrected chi connectivity index (χ0v) is 11.3. The Morgan fingerprint density at radius 3 is 1.94 bits per heavy atom. The Hall–Kier alpha value is -1.56. The van der Waals surface area contributed by atoms with Crippen molar-refractivity contribution in [1.29, 1.82) is 0 Å². The topological polar surface area (TPSA) is 0 Å². The van der Waals surface area contributed by atoms with E-state index < -0.39 is 0 Å². The second-order valence-corrected chi connectivity index (χ2v) is 4.99. The van der Waals surface area contributed by atoms with E-state index in [1.165, 1.54) is 35.1 Å². The molecular formula is C18H21. The summed E-state index contributed by atoms with van der Waals surface area (Å²) in [6.45, 7) is 4.26. The molecule has 0 fully saturated rings. The first-order valence-corrected chi connectivity index (χ1v) is 6.69. The van der Waals surface area contributed by atoms with Gasteiger partial charge < -0.3 is 0 Å². The molecule has 0 unspecified atom stereocenters. The summed E-state index contributed by atoms with van der Waals surface area (Å²) in [6, 6.07) is 17.6. The van der Waals surface area contributed by atoms with Gasteiger partial charge in [0.15, 0.2) is 0 Å². The number of benzene rings is 2. The molecule has 2 aromatic carbocycles.